The van der Waals surface area contributed by atoms with Crippen LogP contribution in [0.25, 0.3) is 0 Å². The smallest absolute Gasteiger partial charge is 0.340 e. The molecular weight excluding hydrogens is 406 g/mol. The lowest BCUT2D eigenvalue weighted by molar-refractivity contribution is 0.0602. The maximum atomic E-state index is 12.6. The molecule has 0 unspecified atom stereocenters. The van der Waals surface area contributed by atoms with Gasteiger partial charge in [0.05, 0.1) is 17.6 Å². The van der Waals surface area contributed by atoms with Crippen LogP contribution < -0.4 is 10.1 Å². The Morgan fingerprint density at radius 3 is 2.79 bits per heavy atom. The Bertz CT molecular complexity index is 1070. The number of amides is 1. The Balaban J connectivity index is 1.40. The summed E-state index contributed by atoms with van der Waals surface area (Å²) in [6, 6.07) is 9.82. The fourth-order valence-electron chi connectivity index (χ4n) is 3.41. The molecule has 150 valence electrons. The molecule has 29 heavy (non-hydrogen) atoms. The minimum Gasteiger partial charge on any atom is -0.489 e. The molecule has 5 nitrogen and oxygen atoms in total. The van der Waals surface area contributed by atoms with Gasteiger partial charge in [-0.1, -0.05) is 6.07 Å². The van der Waals surface area contributed by atoms with Crippen molar-refractivity contribution in [2.75, 3.05) is 12.4 Å². The molecule has 1 amide bonds. The SMILES string of the molecule is COC(=O)c1cc(C)sc1NC(=O)c1cc(COc2ccc3c(c2)CCC3)cs1. The first kappa shape index (κ1) is 19.7. The highest BCUT2D eigenvalue weighted by Crippen LogP contribution is 2.30. The summed E-state index contributed by atoms with van der Waals surface area (Å²) in [7, 11) is 1.33. The van der Waals surface area contributed by atoms with Crippen molar-refractivity contribution in [2.24, 2.45) is 0 Å². The molecule has 1 N–H and O–H groups in total. The highest BCUT2D eigenvalue weighted by Gasteiger charge is 2.19. The molecule has 7 heteroatoms. The predicted octanol–water partition coefficient (Wildman–Crippen LogP) is 5.22. The predicted molar refractivity (Wildman–Crippen MR) is 115 cm³/mol. The molecule has 4 rings (SSSR count). The number of carbonyl (C=O) groups excluding carboxylic acids is 2. The van der Waals surface area contributed by atoms with Gasteiger partial charge in [-0.05, 0) is 67.0 Å². The first-order valence-electron chi connectivity index (χ1n) is 9.35. The Kier molecular flexibility index (Phi) is 5.69. The molecule has 0 radical (unpaired) electrons. The summed E-state index contributed by atoms with van der Waals surface area (Å²) in [5.41, 5.74) is 4.11. The summed E-state index contributed by atoms with van der Waals surface area (Å²) in [6.45, 7) is 2.29. The van der Waals surface area contributed by atoms with Gasteiger partial charge in [0, 0.05) is 10.4 Å². The second-order valence-corrected chi connectivity index (χ2v) is 9.11. The molecule has 0 spiro atoms. The highest BCUT2D eigenvalue weighted by molar-refractivity contribution is 7.17. The van der Waals surface area contributed by atoms with E-state index in [0.717, 1.165) is 29.0 Å². The van der Waals surface area contributed by atoms with E-state index in [-0.39, 0.29) is 5.91 Å². The molecule has 0 aliphatic heterocycles. The normalized spacial score (nSPS) is 12.5. The second-order valence-electron chi connectivity index (χ2n) is 6.94. The number of benzene rings is 1. The number of methoxy groups -OCH3 is 1. The van der Waals surface area contributed by atoms with Gasteiger partial charge in [0.25, 0.3) is 5.91 Å². The second kappa shape index (κ2) is 8.39. The molecule has 0 fully saturated rings. The molecular formula is C22H21NO4S2. The average Bonchev–Trinajstić information content (AvgIpc) is 3.45. The van der Waals surface area contributed by atoms with Gasteiger partial charge in [-0.15, -0.1) is 22.7 Å². The molecule has 2 aromatic heterocycles. The number of fused-ring (bicyclic) bond motifs is 1. The van der Waals surface area contributed by atoms with Crippen molar-refractivity contribution in [2.45, 2.75) is 32.8 Å². The van der Waals surface area contributed by atoms with Gasteiger partial charge in [0.1, 0.15) is 17.4 Å². The third kappa shape index (κ3) is 4.36. The fourth-order valence-corrected chi connectivity index (χ4v) is 5.09. The van der Waals surface area contributed by atoms with E-state index in [9.17, 15) is 9.59 Å². The van der Waals surface area contributed by atoms with Crippen molar-refractivity contribution in [3.63, 3.8) is 0 Å². The number of hydrogen-bond acceptors (Lipinski definition) is 6. The standard InChI is InChI=1S/C22H21NO4S2/c1-13-8-18(22(25)26-2)21(29-13)23-20(24)19-9-14(12-28-19)11-27-17-7-6-15-4-3-5-16(15)10-17/h6-10,12H,3-5,11H2,1-2H3,(H,23,24). The van der Waals surface area contributed by atoms with Crippen LogP contribution in [-0.2, 0) is 24.2 Å². The largest absolute Gasteiger partial charge is 0.489 e. The number of anilines is 1. The van der Waals surface area contributed by atoms with Crippen molar-refractivity contribution in [3.05, 3.63) is 67.7 Å². The third-order valence-electron chi connectivity index (χ3n) is 4.84. The summed E-state index contributed by atoms with van der Waals surface area (Å²) >= 11 is 2.71. The van der Waals surface area contributed by atoms with Gasteiger partial charge in [0.2, 0.25) is 0 Å². The molecule has 0 bridgehead atoms. The quantitative estimate of drug-likeness (QED) is 0.548. The molecule has 0 saturated carbocycles. The number of hydrogen-bond donors (Lipinski definition) is 1. The van der Waals surface area contributed by atoms with E-state index in [1.54, 1.807) is 6.07 Å². The number of nitrogens with one attached hydrogen (secondary N) is 1. The third-order valence-corrected chi connectivity index (χ3v) is 6.78. The van der Waals surface area contributed by atoms with Gasteiger partial charge in [-0.25, -0.2) is 4.79 Å². The van der Waals surface area contributed by atoms with Crippen molar-refractivity contribution < 1.29 is 19.1 Å². The maximum Gasteiger partial charge on any atom is 0.340 e. The molecule has 3 aromatic rings. The van der Waals surface area contributed by atoms with Crippen LogP contribution in [0.15, 0.2) is 35.7 Å². The van der Waals surface area contributed by atoms with Crippen LogP contribution >= 0.6 is 22.7 Å². The van der Waals surface area contributed by atoms with Gasteiger partial charge < -0.3 is 14.8 Å². The number of aryl methyl sites for hydroxylation is 3. The van der Waals surface area contributed by atoms with E-state index in [0.29, 0.717) is 22.0 Å². The lowest BCUT2D eigenvalue weighted by Crippen LogP contribution is -2.12. The number of carbonyl (C=O) groups is 2. The van der Waals surface area contributed by atoms with Crippen molar-refractivity contribution in [3.8, 4) is 5.75 Å². The Hall–Kier alpha value is -2.64. The summed E-state index contributed by atoms with van der Waals surface area (Å²) < 4.78 is 10.7. The zero-order valence-corrected chi connectivity index (χ0v) is 17.9. The zero-order chi connectivity index (χ0) is 20.4. The van der Waals surface area contributed by atoms with E-state index in [4.69, 9.17) is 9.47 Å². The summed E-state index contributed by atoms with van der Waals surface area (Å²) in [5, 5.41) is 5.25. The topological polar surface area (TPSA) is 64.6 Å². The molecule has 0 saturated heterocycles. The molecule has 2 heterocycles. The van der Waals surface area contributed by atoms with E-state index in [1.165, 1.54) is 47.3 Å². The molecule has 1 aliphatic carbocycles. The first-order valence-corrected chi connectivity index (χ1v) is 11.0. The number of thiophene rings is 2. The van der Waals surface area contributed by atoms with Crippen LogP contribution in [0.5, 0.6) is 5.75 Å². The minimum atomic E-state index is -0.459. The minimum absolute atomic E-state index is 0.245. The Morgan fingerprint density at radius 1 is 1.14 bits per heavy atom. The van der Waals surface area contributed by atoms with Crippen LogP contribution in [0.2, 0.25) is 0 Å². The number of rotatable bonds is 6. The Labute approximate surface area is 177 Å². The highest BCUT2D eigenvalue weighted by atomic mass is 32.1. The lowest BCUT2D eigenvalue weighted by atomic mass is 10.1. The zero-order valence-electron chi connectivity index (χ0n) is 16.2. The number of esters is 1. The summed E-state index contributed by atoms with van der Waals surface area (Å²) in [6.07, 6.45) is 3.48. The van der Waals surface area contributed by atoms with Crippen molar-refractivity contribution in [1.82, 2.24) is 0 Å². The number of ether oxygens (including phenoxy) is 2. The van der Waals surface area contributed by atoms with Crippen LogP contribution in [0.1, 0.15) is 48.0 Å². The van der Waals surface area contributed by atoms with Gasteiger partial charge in [0.15, 0.2) is 0 Å². The van der Waals surface area contributed by atoms with Gasteiger partial charge in [-0.2, -0.15) is 0 Å². The van der Waals surface area contributed by atoms with Crippen LogP contribution in [0, 0.1) is 6.92 Å². The van der Waals surface area contributed by atoms with E-state index in [1.807, 2.05) is 24.4 Å². The monoisotopic (exact) mass is 427 g/mol. The van der Waals surface area contributed by atoms with Gasteiger partial charge in [-0.3, -0.25) is 4.79 Å². The maximum absolute atomic E-state index is 12.6. The molecule has 1 aromatic carbocycles. The fraction of sp³-hybridized carbons (Fsp3) is 0.273. The first-order chi connectivity index (χ1) is 14.0. The molecule has 1 aliphatic rings. The van der Waals surface area contributed by atoms with E-state index >= 15 is 0 Å². The van der Waals surface area contributed by atoms with Crippen molar-refractivity contribution in [1.29, 1.82) is 0 Å². The van der Waals surface area contributed by atoms with Crippen LogP contribution in [0.3, 0.4) is 0 Å². The van der Waals surface area contributed by atoms with Crippen LogP contribution in [0.4, 0.5) is 5.00 Å². The lowest BCUT2D eigenvalue weighted by Gasteiger charge is -2.07. The molecule has 0 atom stereocenters. The van der Waals surface area contributed by atoms with Crippen molar-refractivity contribution >= 4 is 39.6 Å². The Morgan fingerprint density at radius 2 is 1.97 bits per heavy atom. The van der Waals surface area contributed by atoms with E-state index < -0.39 is 5.97 Å². The average molecular weight is 428 g/mol. The van der Waals surface area contributed by atoms with E-state index in [2.05, 4.69) is 17.4 Å². The summed E-state index contributed by atoms with van der Waals surface area (Å²) in [4.78, 5) is 26.0. The van der Waals surface area contributed by atoms with Gasteiger partial charge >= 0.3 is 5.97 Å². The summed E-state index contributed by atoms with van der Waals surface area (Å²) in [5.74, 6) is 0.157. The van der Waals surface area contributed by atoms with Crippen LogP contribution in [-0.4, -0.2) is 19.0 Å².